The van der Waals surface area contributed by atoms with Crippen LogP contribution in [-0.4, -0.2) is 20.1 Å². The fraction of sp³-hybridized carbons (Fsp3) is 0.417. The van der Waals surface area contributed by atoms with E-state index in [0.717, 1.165) is 23.9 Å². The van der Waals surface area contributed by atoms with Gasteiger partial charge in [-0.15, -0.1) is 0 Å². The molecule has 0 radical (unpaired) electrons. The fourth-order valence-electron chi connectivity index (χ4n) is 2.29. The van der Waals surface area contributed by atoms with Crippen LogP contribution in [0.15, 0.2) is 17.1 Å². The summed E-state index contributed by atoms with van der Waals surface area (Å²) in [5, 5.41) is 12.8. The lowest BCUT2D eigenvalue weighted by atomic mass is 10.2. The SMILES string of the molecule is CC(=N)c1c2ccn(C3CC3)c(=O)c2nn1C. The van der Waals surface area contributed by atoms with E-state index in [1.54, 1.807) is 23.2 Å². The largest absolute Gasteiger partial charge is 0.311 e. The van der Waals surface area contributed by atoms with E-state index in [0.29, 0.717) is 17.3 Å². The van der Waals surface area contributed by atoms with Crippen LogP contribution in [0.4, 0.5) is 0 Å². The molecule has 5 heteroatoms. The second-order valence-corrected chi connectivity index (χ2v) is 4.62. The van der Waals surface area contributed by atoms with Gasteiger partial charge in [0, 0.05) is 24.7 Å². The van der Waals surface area contributed by atoms with Crippen molar-refractivity contribution >= 4 is 16.6 Å². The van der Waals surface area contributed by atoms with Crippen molar-refractivity contribution in [2.24, 2.45) is 7.05 Å². The maximum Gasteiger partial charge on any atom is 0.279 e. The summed E-state index contributed by atoms with van der Waals surface area (Å²) in [4.78, 5) is 12.2. The van der Waals surface area contributed by atoms with E-state index in [1.807, 2.05) is 12.3 Å². The van der Waals surface area contributed by atoms with Crippen molar-refractivity contribution in [1.29, 1.82) is 5.41 Å². The van der Waals surface area contributed by atoms with E-state index in [9.17, 15) is 4.79 Å². The fourth-order valence-corrected chi connectivity index (χ4v) is 2.29. The van der Waals surface area contributed by atoms with Crippen molar-refractivity contribution in [1.82, 2.24) is 14.3 Å². The van der Waals surface area contributed by atoms with Crippen molar-refractivity contribution in [3.8, 4) is 0 Å². The molecule has 0 aromatic carbocycles. The molecule has 0 amide bonds. The monoisotopic (exact) mass is 230 g/mol. The van der Waals surface area contributed by atoms with Crippen LogP contribution in [0.2, 0.25) is 0 Å². The van der Waals surface area contributed by atoms with E-state index >= 15 is 0 Å². The third-order valence-electron chi connectivity index (χ3n) is 3.22. The van der Waals surface area contributed by atoms with Crippen molar-refractivity contribution in [2.75, 3.05) is 0 Å². The molecule has 3 rings (SSSR count). The van der Waals surface area contributed by atoms with E-state index < -0.39 is 0 Å². The predicted molar refractivity (Wildman–Crippen MR) is 65.7 cm³/mol. The highest BCUT2D eigenvalue weighted by atomic mass is 16.1. The summed E-state index contributed by atoms with van der Waals surface area (Å²) >= 11 is 0. The van der Waals surface area contributed by atoms with Crippen LogP contribution in [0, 0.1) is 5.41 Å². The minimum Gasteiger partial charge on any atom is -0.311 e. The Bertz CT molecular complexity index is 676. The Morgan fingerprint density at radius 1 is 1.53 bits per heavy atom. The molecule has 1 N–H and O–H groups in total. The number of fused-ring (bicyclic) bond motifs is 1. The highest BCUT2D eigenvalue weighted by molar-refractivity contribution is 6.06. The number of rotatable bonds is 2. The molecule has 1 fully saturated rings. The van der Waals surface area contributed by atoms with Crippen LogP contribution in [0.25, 0.3) is 10.9 Å². The molecule has 0 aliphatic heterocycles. The maximum absolute atomic E-state index is 12.2. The molecule has 1 aliphatic carbocycles. The molecule has 1 saturated carbocycles. The lowest BCUT2D eigenvalue weighted by Crippen LogP contribution is -2.18. The van der Waals surface area contributed by atoms with Gasteiger partial charge in [-0.25, -0.2) is 0 Å². The molecule has 2 aromatic heterocycles. The van der Waals surface area contributed by atoms with Gasteiger partial charge in [0.2, 0.25) is 0 Å². The van der Waals surface area contributed by atoms with Gasteiger partial charge in [0.1, 0.15) is 0 Å². The standard InChI is InChI=1S/C12H14N4O/c1-7(13)11-9-5-6-16(8-3-4-8)12(17)10(9)14-15(11)2/h5-6,8,13H,3-4H2,1-2H3. The van der Waals surface area contributed by atoms with Gasteiger partial charge in [-0.05, 0) is 25.8 Å². The molecular formula is C12H14N4O. The van der Waals surface area contributed by atoms with Crippen molar-refractivity contribution in [3.05, 3.63) is 28.3 Å². The van der Waals surface area contributed by atoms with Crippen molar-refractivity contribution in [2.45, 2.75) is 25.8 Å². The second kappa shape index (κ2) is 3.29. The van der Waals surface area contributed by atoms with Gasteiger partial charge < -0.3 is 9.98 Å². The first-order valence-corrected chi connectivity index (χ1v) is 5.73. The molecule has 0 atom stereocenters. The lowest BCUT2D eigenvalue weighted by molar-refractivity contribution is 0.708. The number of hydrogen-bond acceptors (Lipinski definition) is 3. The molecule has 5 nitrogen and oxygen atoms in total. The maximum atomic E-state index is 12.2. The smallest absolute Gasteiger partial charge is 0.279 e. The van der Waals surface area contributed by atoms with Gasteiger partial charge in [-0.1, -0.05) is 0 Å². The highest BCUT2D eigenvalue weighted by Crippen LogP contribution is 2.33. The van der Waals surface area contributed by atoms with Crippen LogP contribution >= 0.6 is 0 Å². The average Bonchev–Trinajstić information content (AvgIpc) is 3.01. The predicted octanol–water partition coefficient (Wildman–Crippen LogP) is 1.46. The van der Waals surface area contributed by atoms with Crippen LogP contribution < -0.4 is 5.56 Å². The summed E-state index contributed by atoms with van der Waals surface area (Å²) in [6.07, 6.45) is 3.99. The molecule has 2 heterocycles. The summed E-state index contributed by atoms with van der Waals surface area (Å²) in [6.45, 7) is 1.71. The first-order valence-electron chi connectivity index (χ1n) is 5.73. The number of pyridine rings is 1. The Labute approximate surface area is 98.2 Å². The second-order valence-electron chi connectivity index (χ2n) is 4.62. The molecule has 88 valence electrons. The lowest BCUT2D eigenvalue weighted by Gasteiger charge is -2.02. The van der Waals surface area contributed by atoms with Crippen LogP contribution in [0.1, 0.15) is 31.5 Å². The van der Waals surface area contributed by atoms with Crippen LogP contribution in [0.5, 0.6) is 0 Å². The molecule has 1 aliphatic rings. The summed E-state index contributed by atoms with van der Waals surface area (Å²) in [6, 6.07) is 2.26. The molecule has 2 aromatic rings. The average molecular weight is 230 g/mol. The first-order chi connectivity index (χ1) is 8.09. The number of aromatic nitrogens is 3. The first kappa shape index (κ1) is 10.3. The van der Waals surface area contributed by atoms with Crippen molar-refractivity contribution < 1.29 is 0 Å². The van der Waals surface area contributed by atoms with Crippen LogP contribution in [0.3, 0.4) is 0 Å². The summed E-state index contributed by atoms with van der Waals surface area (Å²) in [5.74, 6) is 0. The topological polar surface area (TPSA) is 63.7 Å². The molecule has 0 bridgehead atoms. The number of nitrogens with one attached hydrogen (secondary N) is 1. The van der Waals surface area contributed by atoms with E-state index in [1.165, 1.54) is 0 Å². The minimum atomic E-state index is -0.0342. The zero-order valence-corrected chi connectivity index (χ0v) is 9.90. The Morgan fingerprint density at radius 3 is 2.82 bits per heavy atom. The third-order valence-corrected chi connectivity index (χ3v) is 3.22. The van der Waals surface area contributed by atoms with Gasteiger partial charge in [-0.2, -0.15) is 5.10 Å². The van der Waals surface area contributed by atoms with Gasteiger partial charge in [-0.3, -0.25) is 9.48 Å². The number of hydrogen-bond donors (Lipinski definition) is 1. The Morgan fingerprint density at radius 2 is 2.24 bits per heavy atom. The van der Waals surface area contributed by atoms with Gasteiger partial charge in [0.15, 0.2) is 5.52 Å². The van der Waals surface area contributed by atoms with E-state index in [-0.39, 0.29) is 5.56 Å². The van der Waals surface area contributed by atoms with Gasteiger partial charge in [0.05, 0.1) is 11.4 Å². The Balaban J connectivity index is 2.35. The summed E-state index contributed by atoms with van der Waals surface area (Å²) in [5.41, 5.74) is 1.59. The van der Waals surface area contributed by atoms with Gasteiger partial charge >= 0.3 is 0 Å². The Kier molecular flexibility index (Phi) is 1.98. The highest BCUT2D eigenvalue weighted by Gasteiger charge is 2.26. The van der Waals surface area contributed by atoms with E-state index in [2.05, 4.69) is 5.10 Å². The van der Waals surface area contributed by atoms with Crippen LogP contribution in [-0.2, 0) is 7.05 Å². The minimum absolute atomic E-state index is 0.0342. The normalized spacial score (nSPS) is 15.4. The molecular weight excluding hydrogens is 216 g/mol. The van der Waals surface area contributed by atoms with Crippen molar-refractivity contribution in [3.63, 3.8) is 0 Å². The molecule has 0 unspecified atom stereocenters. The molecule has 0 spiro atoms. The van der Waals surface area contributed by atoms with Gasteiger partial charge in [0.25, 0.3) is 5.56 Å². The number of nitrogens with zero attached hydrogens (tertiary/aromatic N) is 3. The summed E-state index contributed by atoms with van der Waals surface area (Å²) in [7, 11) is 1.77. The Hall–Kier alpha value is -1.91. The molecule has 0 saturated heterocycles. The molecule has 17 heavy (non-hydrogen) atoms. The van der Waals surface area contributed by atoms with E-state index in [4.69, 9.17) is 5.41 Å². The zero-order valence-electron chi connectivity index (χ0n) is 9.90. The summed E-state index contributed by atoms with van der Waals surface area (Å²) < 4.78 is 3.38. The zero-order chi connectivity index (χ0) is 12.2. The number of aryl methyl sites for hydroxylation is 1. The quantitative estimate of drug-likeness (QED) is 0.794. The third kappa shape index (κ3) is 1.42.